The Bertz CT molecular complexity index is 638. The number of urea groups is 1. The van der Waals surface area contributed by atoms with E-state index in [2.05, 4.69) is 36.1 Å². The minimum atomic E-state index is -0.0672. The Morgan fingerprint density at radius 2 is 2.17 bits per heavy atom. The van der Waals surface area contributed by atoms with Gasteiger partial charge in [-0.15, -0.1) is 0 Å². The molecule has 0 saturated carbocycles. The third-order valence-electron chi connectivity index (χ3n) is 4.02. The molecule has 0 radical (unpaired) electrons. The van der Waals surface area contributed by atoms with Crippen LogP contribution in [0.15, 0.2) is 36.9 Å². The number of aromatic nitrogens is 3. The monoisotopic (exact) mass is 329 g/mol. The highest BCUT2D eigenvalue weighted by atomic mass is 16.2. The number of carbonyl (C=O) groups excluding carboxylic acids is 1. The summed E-state index contributed by atoms with van der Waals surface area (Å²) in [6, 6.07) is 3.77. The van der Waals surface area contributed by atoms with Crippen molar-refractivity contribution in [1.82, 2.24) is 24.8 Å². The van der Waals surface area contributed by atoms with Crippen LogP contribution >= 0.6 is 0 Å². The van der Waals surface area contributed by atoms with Crippen LogP contribution in [0.3, 0.4) is 0 Å². The van der Waals surface area contributed by atoms with Crippen molar-refractivity contribution in [2.75, 3.05) is 6.54 Å². The molecule has 0 aliphatic heterocycles. The van der Waals surface area contributed by atoms with Gasteiger partial charge < -0.3 is 14.8 Å². The van der Waals surface area contributed by atoms with Crippen molar-refractivity contribution < 1.29 is 4.79 Å². The van der Waals surface area contributed by atoms with Crippen LogP contribution in [0.5, 0.6) is 0 Å². The first-order chi connectivity index (χ1) is 11.5. The van der Waals surface area contributed by atoms with Crippen molar-refractivity contribution in [2.45, 2.75) is 39.8 Å². The van der Waals surface area contributed by atoms with Gasteiger partial charge in [0, 0.05) is 38.4 Å². The van der Waals surface area contributed by atoms with Crippen LogP contribution in [0.2, 0.25) is 0 Å². The second kappa shape index (κ2) is 8.47. The normalized spacial score (nSPS) is 12.2. The number of aryl methyl sites for hydroxylation is 1. The zero-order valence-corrected chi connectivity index (χ0v) is 14.9. The highest BCUT2D eigenvalue weighted by molar-refractivity contribution is 5.74. The fraction of sp³-hybridized carbons (Fsp3) is 0.500. The summed E-state index contributed by atoms with van der Waals surface area (Å²) < 4.78 is 1.94. The zero-order chi connectivity index (χ0) is 17.5. The fourth-order valence-electron chi connectivity index (χ4n) is 2.66. The summed E-state index contributed by atoms with van der Waals surface area (Å²) in [5.74, 6) is 1.15. The molecule has 0 unspecified atom stereocenters. The molecule has 1 atom stereocenters. The number of hydrogen-bond donors (Lipinski definition) is 1. The van der Waals surface area contributed by atoms with Crippen LogP contribution in [0.4, 0.5) is 4.79 Å². The van der Waals surface area contributed by atoms with E-state index in [0.29, 0.717) is 13.1 Å². The van der Waals surface area contributed by atoms with Gasteiger partial charge in [0.1, 0.15) is 5.82 Å². The average Bonchev–Trinajstić information content (AvgIpc) is 2.97. The molecule has 2 aromatic rings. The van der Waals surface area contributed by atoms with Gasteiger partial charge in [0.25, 0.3) is 0 Å². The highest BCUT2D eigenvalue weighted by Gasteiger charge is 2.22. The van der Waals surface area contributed by atoms with E-state index in [9.17, 15) is 4.79 Å². The van der Waals surface area contributed by atoms with Crippen molar-refractivity contribution in [1.29, 1.82) is 0 Å². The number of rotatable bonds is 7. The zero-order valence-electron chi connectivity index (χ0n) is 14.9. The molecule has 2 rings (SSSR count). The number of nitrogens with one attached hydrogen (secondary N) is 1. The highest BCUT2D eigenvalue weighted by Crippen LogP contribution is 2.21. The van der Waals surface area contributed by atoms with Gasteiger partial charge in [0.2, 0.25) is 0 Å². The Kier molecular flexibility index (Phi) is 6.35. The minimum absolute atomic E-state index is 0.0630. The molecule has 0 aromatic carbocycles. The summed E-state index contributed by atoms with van der Waals surface area (Å²) in [6.07, 6.45) is 8.10. The molecule has 24 heavy (non-hydrogen) atoms. The van der Waals surface area contributed by atoms with Gasteiger partial charge in [-0.25, -0.2) is 9.78 Å². The quantitative estimate of drug-likeness (QED) is 0.849. The number of pyridine rings is 1. The molecule has 6 nitrogen and oxygen atoms in total. The molecule has 6 heteroatoms. The average molecular weight is 329 g/mol. The largest absolute Gasteiger partial charge is 0.337 e. The predicted molar refractivity (Wildman–Crippen MR) is 94.3 cm³/mol. The molecule has 0 bridgehead atoms. The third kappa shape index (κ3) is 4.57. The van der Waals surface area contributed by atoms with E-state index in [1.54, 1.807) is 12.4 Å². The first-order valence-electron chi connectivity index (χ1n) is 8.44. The molecule has 0 fully saturated rings. The second-order valence-electron chi connectivity index (χ2n) is 6.33. The molecule has 130 valence electrons. The van der Waals surface area contributed by atoms with Gasteiger partial charge in [-0.3, -0.25) is 4.98 Å². The summed E-state index contributed by atoms with van der Waals surface area (Å²) in [7, 11) is 1.94. The Labute approximate surface area is 143 Å². The summed E-state index contributed by atoms with van der Waals surface area (Å²) in [4.78, 5) is 23.1. The van der Waals surface area contributed by atoms with Crippen molar-refractivity contribution in [3.8, 4) is 0 Å². The van der Waals surface area contributed by atoms with Crippen LogP contribution in [0.25, 0.3) is 0 Å². The van der Waals surface area contributed by atoms with Gasteiger partial charge in [-0.2, -0.15) is 0 Å². The lowest BCUT2D eigenvalue weighted by molar-refractivity contribution is 0.185. The van der Waals surface area contributed by atoms with Crippen LogP contribution in [-0.4, -0.2) is 32.0 Å². The summed E-state index contributed by atoms with van der Waals surface area (Å²) >= 11 is 0. The first-order valence-corrected chi connectivity index (χ1v) is 8.44. The number of imidazole rings is 1. The number of nitrogens with zero attached hydrogens (tertiary/aromatic N) is 4. The smallest absolute Gasteiger partial charge is 0.318 e. The van der Waals surface area contributed by atoms with E-state index in [-0.39, 0.29) is 18.0 Å². The van der Waals surface area contributed by atoms with E-state index in [1.165, 1.54) is 0 Å². The lowest BCUT2D eigenvalue weighted by atomic mass is 9.97. The van der Waals surface area contributed by atoms with Gasteiger partial charge >= 0.3 is 6.03 Å². The van der Waals surface area contributed by atoms with E-state index in [0.717, 1.165) is 17.8 Å². The van der Waals surface area contributed by atoms with Crippen LogP contribution in [-0.2, 0) is 13.6 Å². The predicted octanol–water partition coefficient (Wildman–Crippen LogP) is 3.13. The summed E-state index contributed by atoms with van der Waals surface area (Å²) in [6.45, 7) is 7.46. The lowest BCUT2D eigenvalue weighted by Gasteiger charge is -2.28. The van der Waals surface area contributed by atoms with E-state index in [1.807, 2.05) is 41.0 Å². The van der Waals surface area contributed by atoms with E-state index >= 15 is 0 Å². The van der Waals surface area contributed by atoms with Crippen molar-refractivity contribution in [2.24, 2.45) is 13.0 Å². The Morgan fingerprint density at radius 1 is 1.38 bits per heavy atom. The molecule has 2 aromatic heterocycles. The molecule has 0 aliphatic carbocycles. The molecular formula is C18H27N5O. The summed E-state index contributed by atoms with van der Waals surface area (Å²) in [5.41, 5.74) is 1.02. The maximum atomic E-state index is 12.8. The number of amides is 2. The topological polar surface area (TPSA) is 63.1 Å². The van der Waals surface area contributed by atoms with Crippen LogP contribution in [0, 0.1) is 5.92 Å². The van der Waals surface area contributed by atoms with Gasteiger partial charge in [-0.05, 0) is 24.0 Å². The van der Waals surface area contributed by atoms with Gasteiger partial charge in [-0.1, -0.05) is 26.8 Å². The van der Waals surface area contributed by atoms with Gasteiger partial charge in [0.15, 0.2) is 0 Å². The molecule has 0 saturated heterocycles. The number of hydrogen-bond acceptors (Lipinski definition) is 3. The lowest BCUT2D eigenvalue weighted by Crippen LogP contribution is -2.43. The molecule has 1 N–H and O–H groups in total. The van der Waals surface area contributed by atoms with Crippen molar-refractivity contribution in [3.63, 3.8) is 0 Å². The standard InChI is InChI=1S/C18H27N5O/c1-5-10-23(13-16-20-9-11-22(16)4)18(24)21-17(14(2)3)15-7-6-8-19-12-15/h6-9,11-12,14,17H,5,10,13H2,1-4H3,(H,21,24)/t17-/m1/s1. The van der Waals surface area contributed by atoms with Crippen molar-refractivity contribution in [3.05, 3.63) is 48.3 Å². The summed E-state index contributed by atoms with van der Waals surface area (Å²) in [5, 5.41) is 3.16. The Morgan fingerprint density at radius 3 is 2.71 bits per heavy atom. The maximum Gasteiger partial charge on any atom is 0.318 e. The van der Waals surface area contributed by atoms with Crippen LogP contribution < -0.4 is 5.32 Å². The van der Waals surface area contributed by atoms with Crippen molar-refractivity contribution >= 4 is 6.03 Å². The molecule has 2 amide bonds. The first kappa shape index (κ1) is 18.0. The molecule has 0 spiro atoms. The Balaban J connectivity index is 2.12. The van der Waals surface area contributed by atoms with Gasteiger partial charge in [0.05, 0.1) is 12.6 Å². The van der Waals surface area contributed by atoms with E-state index in [4.69, 9.17) is 0 Å². The third-order valence-corrected chi connectivity index (χ3v) is 4.02. The van der Waals surface area contributed by atoms with E-state index < -0.39 is 0 Å². The number of carbonyl (C=O) groups is 1. The van der Waals surface area contributed by atoms with Crippen LogP contribution in [0.1, 0.15) is 44.6 Å². The second-order valence-corrected chi connectivity index (χ2v) is 6.33. The molecule has 2 heterocycles. The molecule has 0 aliphatic rings. The maximum absolute atomic E-state index is 12.8. The fourth-order valence-corrected chi connectivity index (χ4v) is 2.66. The SMILES string of the molecule is CCCN(Cc1nccn1C)C(=O)N[C@@H](c1cccnc1)C(C)C. The minimum Gasteiger partial charge on any atom is -0.337 e. The molecular weight excluding hydrogens is 302 g/mol. The Hall–Kier alpha value is -2.37.